The molecule has 0 saturated carbocycles. The van der Waals surface area contributed by atoms with Crippen molar-refractivity contribution in [3.8, 4) is 0 Å². The molecule has 1 aromatic carbocycles. The standard InChI is InChI=1S/C16H27N3O2/c1-3-16(4-2,12-20)11-18-10-14(15(17)19-21)13-8-6-5-7-9-13/h5-9,14,18,20-21H,3-4,10-12H2,1-2H3,(H2,17,19). The Labute approximate surface area is 126 Å². The molecule has 0 aliphatic carbocycles. The largest absolute Gasteiger partial charge is 0.409 e. The zero-order chi connectivity index (χ0) is 15.7. The van der Waals surface area contributed by atoms with Crippen LogP contribution in [0.15, 0.2) is 35.5 Å². The predicted molar refractivity (Wildman–Crippen MR) is 85.6 cm³/mol. The van der Waals surface area contributed by atoms with Gasteiger partial charge >= 0.3 is 0 Å². The Bertz CT molecular complexity index is 422. The smallest absolute Gasteiger partial charge is 0.147 e. The van der Waals surface area contributed by atoms with E-state index in [0.29, 0.717) is 13.1 Å². The first-order valence-electron chi connectivity index (χ1n) is 7.46. The quantitative estimate of drug-likeness (QED) is 0.242. The second-order valence-corrected chi connectivity index (χ2v) is 5.48. The van der Waals surface area contributed by atoms with Crippen LogP contribution in [0.4, 0.5) is 0 Å². The van der Waals surface area contributed by atoms with Crippen molar-refractivity contribution >= 4 is 5.84 Å². The van der Waals surface area contributed by atoms with Gasteiger partial charge in [0.2, 0.25) is 0 Å². The number of oxime groups is 1. The van der Waals surface area contributed by atoms with Gasteiger partial charge in [0, 0.05) is 25.1 Å². The Morgan fingerprint density at radius 1 is 1.29 bits per heavy atom. The van der Waals surface area contributed by atoms with E-state index in [2.05, 4.69) is 24.3 Å². The van der Waals surface area contributed by atoms with E-state index in [4.69, 9.17) is 10.9 Å². The van der Waals surface area contributed by atoms with Gasteiger partial charge in [-0.1, -0.05) is 49.3 Å². The van der Waals surface area contributed by atoms with Gasteiger partial charge in [-0.3, -0.25) is 0 Å². The van der Waals surface area contributed by atoms with Crippen molar-refractivity contribution in [2.24, 2.45) is 16.3 Å². The van der Waals surface area contributed by atoms with Crippen molar-refractivity contribution in [3.05, 3.63) is 35.9 Å². The number of amidine groups is 1. The first kappa shape index (κ1) is 17.5. The van der Waals surface area contributed by atoms with E-state index in [9.17, 15) is 5.11 Å². The zero-order valence-electron chi connectivity index (χ0n) is 12.9. The van der Waals surface area contributed by atoms with Crippen molar-refractivity contribution in [3.63, 3.8) is 0 Å². The summed E-state index contributed by atoms with van der Waals surface area (Å²) in [5.74, 6) is 0.0117. The van der Waals surface area contributed by atoms with Crippen LogP contribution in [0.5, 0.6) is 0 Å². The molecule has 0 amide bonds. The molecule has 0 bridgehead atoms. The summed E-state index contributed by atoms with van der Waals surface area (Å²) < 4.78 is 0. The molecule has 0 aromatic heterocycles. The number of hydrogen-bond donors (Lipinski definition) is 4. The average Bonchev–Trinajstić information content (AvgIpc) is 2.56. The van der Waals surface area contributed by atoms with Crippen LogP contribution >= 0.6 is 0 Å². The number of benzene rings is 1. The third-order valence-electron chi connectivity index (χ3n) is 4.36. The molecule has 5 heteroatoms. The van der Waals surface area contributed by atoms with Crippen LogP contribution in [0.1, 0.15) is 38.2 Å². The van der Waals surface area contributed by atoms with Gasteiger partial charge < -0.3 is 21.4 Å². The lowest BCUT2D eigenvalue weighted by Gasteiger charge is -2.30. The number of nitrogens with two attached hydrogens (primary N) is 1. The van der Waals surface area contributed by atoms with Crippen molar-refractivity contribution in [2.75, 3.05) is 19.7 Å². The Hall–Kier alpha value is -1.59. The molecule has 1 aromatic rings. The number of nitrogens with zero attached hydrogens (tertiary/aromatic N) is 1. The van der Waals surface area contributed by atoms with Crippen molar-refractivity contribution < 1.29 is 10.3 Å². The van der Waals surface area contributed by atoms with Crippen LogP contribution in [0, 0.1) is 5.41 Å². The van der Waals surface area contributed by atoms with E-state index >= 15 is 0 Å². The second kappa shape index (κ2) is 8.64. The summed E-state index contributed by atoms with van der Waals surface area (Å²) in [5, 5.41) is 25.1. The highest BCUT2D eigenvalue weighted by Crippen LogP contribution is 2.24. The van der Waals surface area contributed by atoms with Gasteiger partial charge in [0.25, 0.3) is 0 Å². The van der Waals surface area contributed by atoms with Gasteiger partial charge in [0.15, 0.2) is 0 Å². The molecule has 5 nitrogen and oxygen atoms in total. The average molecular weight is 293 g/mol. The first-order valence-corrected chi connectivity index (χ1v) is 7.46. The van der Waals surface area contributed by atoms with E-state index in [1.54, 1.807) is 0 Å². The van der Waals surface area contributed by atoms with Gasteiger partial charge in [-0.15, -0.1) is 0 Å². The number of aliphatic hydroxyl groups excluding tert-OH is 1. The van der Waals surface area contributed by atoms with Crippen LogP contribution in [0.2, 0.25) is 0 Å². The molecule has 1 rings (SSSR count). The van der Waals surface area contributed by atoms with Gasteiger partial charge in [0.05, 0.1) is 5.92 Å². The maximum Gasteiger partial charge on any atom is 0.147 e. The summed E-state index contributed by atoms with van der Waals surface area (Å²) in [6.45, 7) is 5.60. The molecular weight excluding hydrogens is 266 g/mol. The molecule has 118 valence electrons. The fourth-order valence-electron chi connectivity index (χ4n) is 2.41. The minimum absolute atomic E-state index is 0.105. The molecular formula is C16H27N3O2. The van der Waals surface area contributed by atoms with Gasteiger partial charge in [-0.25, -0.2) is 0 Å². The maximum atomic E-state index is 9.59. The molecule has 0 heterocycles. The van der Waals surface area contributed by atoms with E-state index in [1.165, 1.54) is 0 Å². The summed E-state index contributed by atoms with van der Waals surface area (Å²) in [6.07, 6.45) is 1.82. The normalized spacial score (nSPS) is 14.1. The topological polar surface area (TPSA) is 90.9 Å². The molecule has 0 saturated heterocycles. The van der Waals surface area contributed by atoms with Crippen molar-refractivity contribution in [1.82, 2.24) is 5.32 Å². The maximum absolute atomic E-state index is 9.59. The Balaban J connectivity index is 2.72. The molecule has 1 unspecified atom stereocenters. The summed E-state index contributed by atoms with van der Waals surface area (Å²) >= 11 is 0. The fraction of sp³-hybridized carbons (Fsp3) is 0.562. The Morgan fingerprint density at radius 2 is 1.90 bits per heavy atom. The zero-order valence-corrected chi connectivity index (χ0v) is 12.9. The number of aliphatic hydroxyl groups is 1. The van der Waals surface area contributed by atoms with E-state index in [-0.39, 0.29) is 23.8 Å². The summed E-state index contributed by atoms with van der Waals surface area (Å²) in [6, 6.07) is 9.73. The molecule has 0 fully saturated rings. The highest BCUT2D eigenvalue weighted by molar-refractivity contribution is 5.87. The molecule has 0 spiro atoms. The lowest BCUT2D eigenvalue weighted by atomic mass is 9.83. The number of rotatable bonds is 9. The summed E-state index contributed by atoms with van der Waals surface area (Å²) in [4.78, 5) is 0. The van der Waals surface area contributed by atoms with Crippen LogP contribution < -0.4 is 11.1 Å². The number of hydrogen-bond acceptors (Lipinski definition) is 4. The molecule has 21 heavy (non-hydrogen) atoms. The minimum atomic E-state index is -0.179. The van der Waals surface area contributed by atoms with Crippen molar-refractivity contribution in [2.45, 2.75) is 32.6 Å². The summed E-state index contributed by atoms with van der Waals surface area (Å²) in [7, 11) is 0. The molecule has 1 atom stereocenters. The lowest BCUT2D eigenvalue weighted by Crippen LogP contribution is -2.40. The van der Waals surface area contributed by atoms with E-state index in [0.717, 1.165) is 18.4 Å². The molecule has 0 aliphatic heterocycles. The van der Waals surface area contributed by atoms with Crippen LogP contribution in [-0.4, -0.2) is 35.8 Å². The fourth-order valence-corrected chi connectivity index (χ4v) is 2.41. The third kappa shape index (κ3) is 4.72. The van der Waals surface area contributed by atoms with Crippen LogP contribution in [0.3, 0.4) is 0 Å². The van der Waals surface area contributed by atoms with E-state index < -0.39 is 0 Å². The van der Waals surface area contributed by atoms with Crippen molar-refractivity contribution in [1.29, 1.82) is 0 Å². The highest BCUT2D eigenvalue weighted by Gasteiger charge is 2.25. The molecule has 5 N–H and O–H groups in total. The predicted octanol–water partition coefficient (Wildman–Crippen LogP) is 1.90. The second-order valence-electron chi connectivity index (χ2n) is 5.48. The highest BCUT2D eigenvalue weighted by atomic mass is 16.4. The molecule has 0 aliphatic rings. The SMILES string of the molecule is CCC(CC)(CO)CNCC(/C(N)=N/O)c1ccccc1. The minimum Gasteiger partial charge on any atom is -0.409 e. The van der Waals surface area contributed by atoms with Gasteiger partial charge in [0.1, 0.15) is 5.84 Å². The monoisotopic (exact) mass is 293 g/mol. The Kier molecular flexibility index (Phi) is 7.19. The summed E-state index contributed by atoms with van der Waals surface area (Å²) in [5.41, 5.74) is 6.71. The van der Waals surface area contributed by atoms with Gasteiger partial charge in [-0.2, -0.15) is 0 Å². The van der Waals surface area contributed by atoms with Gasteiger partial charge in [-0.05, 0) is 18.4 Å². The Morgan fingerprint density at radius 3 is 2.38 bits per heavy atom. The third-order valence-corrected chi connectivity index (χ3v) is 4.36. The van der Waals surface area contributed by atoms with Crippen LogP contribution in [-0.2, 0) is 0 Å². The van der Waals surface area contributed by atoms with Crippen LogP contribution in [0.25, 0.3) is 0 Å². The van der Waals surface area contributed by atoms with E-state index in [1.807, 2.05) is 30.3 Å². The molecule has 0 radical (unpaired) electrons. The lowest BCUT2D eigenvalue weighted by molar-refractivity contribution is 0.113. The number of nitrogens with one attached hydrogen (secondary N) is 1. The first-order chi connectivity index (χ1) is 10.1.